The Morgan fingerprint density at radius 2 is 1.93 bits per heavy atom. The maximum Gasteiger partial charge on any atom is 0.155 e. The minimum Gasteiger partial charge on any atom is -0.295 e. The van der Waals surface area contributed by atoms with Crippen molar-refractivity contribution in [3.8, 4) is 0 Å². The summed E-state index contributed by atoms with van der Waals surface area (Å²) in [5.41, 5.74) is 0.390. The average Bonchev–Trinajstić information content (AvgIpc) is 2.00. The summed E-state index contributed by atoms with van der Waals surface area (Å²) < 4.78 is 0. The Balaban J connectivity index is 3.80. The Kier molecular flexibility index (Phi) is 6.55. The molecule has 0 saturated heterocycles. The van der Waals surface area contributed by atoms with Crippen molar-refractivity contribution in [3.63, 3.8) is 0 Å². The number of rotatable bonds is 6. The van der Waals surface area contributed by atoms with Crippen LogP contribution in [0, 0.1) is 11.3 Å². The van der Waals surface area contributed by atoms with Crippen LogP contribution in [-0.2, 0) is 4.79 Å². The smallest absolute Gasteiger partial charge is 0.155 e. The number of allylic oxidation sites excluding steroid dienone is 2. The van der Waals surface area contributed by atoms with Crippen LogP contribution in [0.25, 0.3) is 0 Å². The van der Waals surface area contributed by atoms with E-state index < -0.39 is 0 Å². The van der Waals surface area contributed by atoms with Crippen molar-refractivity contribution in [2.24, 2.45) is 11.3 Å². The number of hydrogen-bond donors (Lipinski definition) is 0. The fourth-order valence-electron chi connectivity index (χ4n) is 1.89. The van der Waals surface area contributed by atoms with Crippen LogP contribution in [-0.4, -0.2) is 5.78 Å². The van der Waals surface area contributed by atoms with E-state index in [0.717, 1.165) is 12.8 Å². The molecule has 1 atom stereocenters. The van der Waals surface area contributed by atoms with Crippen LogP contribution < -0.4 is 0 Å². The molecular formula is C14H26O. The molecule has 1 unspecified atom stereocenters. The van der Waals surface area contributed by atoms with Crippen LogP contribution in [0.4, 0.5) is 0 Å². The molecule has 0 aromatic heterocycles. The lowest BCUT2D eigenvalue weighted by atomic mass is 9.84. The lowest BCUT2D eigenvalue weighted by molar-refractivity contribution is -0.114. The van der Waals surface area contributed by atoms with E-state index in [1.54, 1.807) is 6.08 Å². The first-order valence-corrected chi connectivity index (χ1v) is 6.04. The fourth-order valence-corrected chi connectivity index (χ4v) is 1.89. The van der Waals surface area contributed by atoms with E-state index in [4.69, 9.17) is 0 Å². The number of carbonyl (C=O) groups excluding carboxylic acids is 1. The average molecular weight is 210 g/mol. The third-order valence-electron chi connectivity index (χ3n) is 2.30. The third-order valence-corrected chi connectivity index (χ3v) is 2.30. The Labute approximate surface area is 95.0 Å². The first-order valence-electron chi connectivity index (χ1n) is 6.04. The van der Waals surface area contributed by atoms with Gasteiger partial charge in [-0.2, -0.15) is 0 Å². The quantitative estimate of drug-likeness (QED) is 0.595. The standard InChI is InChI=1S/C14H26O/c1-6-8-13(15)10-7-9-12(2)11-14(3,4)5/h7,10,12H,6,8-9,11H2,1-5H3. The summed E-state index contributed by atoms with van der Waals surface area (Å²) in [5.74, 6) is 0.927. The van der Waals surface area contributed by atoms with Gasteiger partial charge < -0.3 is 0 Å². The van der Waals surface area contributed by atoms with E-state index in [9.17, 15) is 4.79 Å². The van der Waals surface area contributed by atoms with Crippen LogP contribution in [0.2, 0.25) is 0 Å². The van der Waals surface area contributed by atoms with Gasteiger partial charge in [0.2, 0.25) is 0 Å². The number of hydrogen-bond acceptors (Lipinski definition) is 1. The molecule has 0 N–H and O–H groups in total. The molecule has 1 heteroatoms. The molecule has 0 aliphatic rings. The zero-order valence-corrected chi connectivity index (χ0v) is 11.0. The second-order valence-electron chi connectivity index (χ2n) is 5.72. The second-order valence-corrected chi connectivity index (χ2v) is 5.72. The van der Waals surface area contributed by atoms with Gasteiger partial charge in [0.25, 0.3) is 0 Å². The lowest BCUT2D eigenvalue weighted by Crippen LogP contribution is -2.10. The van der Waals surface area contributed by atoms with Gasteiger partial charge in [0.1, 0.15) is 0 Å². The Hall–Kier alpha value is -0.590. The van der Waals surface area contributed by atoms with E-state index in [2.05, 4.69) is 27.7 Å². The molecule has 0 amide bonds. The molecule has 0 aliphatic heterocycles. The molecule has 0 saturated carbocycles. The minimum atomic E-state index is 0.264. The first kappa shape index (κ1) is 14.4. The van der Waals surface area contributed by atoms with Crippen molar-refractivity contribution >= 4 is 5.78 Å². The van der Waals surface area contributed by atoms with E-state index in [1.165, 1.54) is 6.42 Å². The van der Waals surface area contributed by atoms with E-state index in [0.29, 0.717) is 17.8 Å². The van der Waals surface area contributed by atoms with Gasteiger partial charge in [0.05, 0.1) is 0 Å². The Bertz CT molecular complexity index is 208. The van der Waals surface area contributed by atoms with Gasteiger partial charge in [-0.05, 0) is 36.7 Å². The van der Waals surface area contributed by atoms with Gasteiger partial charge in [0, 0.05) is 6.42 Å². The van der Waals surface area contributed by atoms with Crippen LogP contribution in [0.5, 0.6) is 0 Å². The highest BCUT2D eigenvalue weighted by Crippen LogP contribution is 2.25. The summed E-state index contributed by atoms with van der Waals surface area (Å²) in [5, 5.41) is 0. The molecule has 88 valence electrons. The summed E-state index contributed by atoms with van der Waals surface area (Å²) in [4.78, 5) is 11.2. The molecular weight excluding hydrogens is 184 g/mol. The summed E-state index contributed by atoms with van der Waals surface area (Å²) in [6.07, 6.45) is 7.65. The van der Waals surface area contributed by atoms with Crippen LogP contribution in [0.15, 0.2) is 12.2 Å². The van der Waals surface area contributed by atoms with Crippen molar-refractivity contribution in [1.82, 2.24) is 0 Å². The summed E-state index contributed by atoms with van der Waals surface area (Å²) in [6.45, 7) is 11.1. The van der Waals surface area contributed by atoms with Crippen molar-refractivity contribution in [2.75, 3.05) is 0 Å². The van der Waals surface area contributed by atoms with Gasteiger partial charge in [-0.3, -0.25) is 4.79 Å². The van der Waals surface area contributed by atoms with Gasteiger partial charge in [-0.1, -0.05) is 40.7 Å². The SMILES string of the molecule is CCCC(=O)C=CCC(C)CC(C)(C)C. The molecule has 0 spiro atoms. The largest absolute Gasteiger partial charge is 0.295 e. The number of carbonyl (C=O) groups is 1. The zero-order valence-electron chi connectivity index (χ0n) is 11.0. The molecule has 0 aliphatic carbocycles. The Morgan fingerprint density at radius 3 is 2.40 bits per heavy atom. The normalized spacial score (nSPS) is 14.5. The predicted octanol–water partition coefficient (Wildman–Crippen LogP) is 4.37. The summed E-state index contributed by atoms with van der Waals surface area (Å²) in [7, 11) is 0. The molecule has 0 heterocycles. The second kappa shape index (κ2) is 6.81. The van der Waals surface area contributed by atoms with Crippen molar-refractivity contribution in [2.45, 2.75) is 60.3 Å². The fraction of sp³-hybridized carbons (Fsp3) is 0.786. The highest BCUT2D eigenvalue weighted by molar-refractivity contribution is 5.89. The van der Waals surface area contributed by atoms with Crippen LogP contribution in [0.1, 0.15) is 60.3 Å². The van der Waals surface area contributed by atoms with E-state index in [1.807, 2.05) is 13.0 Å². The van der Waals surface area contributed by atoms with Crippen LogP contribution in [0.3, 0.4) is 0 Å². The highest BCUT2D eigenvalue weighted by atomic mass is 16.1. The Morgan fingerprint density at radius 1 is 1.33 bits per heavy atom. The first-order chi connectivity index (χ1) is 6.85. The lowest BCUT2D eigenvalue weighted by Gasteiger charge is -2.22. The van der Waals surface area contributed by atoms with Gasteiger partial charge in [0.15, 0.2) is 5.78 Å². The van der Waals surface area contributed by atoms with Gasteiger partial charge >= 0.3 is 0 Å². The van der Waals surface area contributed by atoms with Crippen molar-refractivity contribution < 1.29 is 4.79 Å². The topological polar surface area (TPSA) is 17.1 Å². The molecule has 0 rings (SSSR count). The van der Waals surface area contributed by atoms with E-state index in [-0.39, 0.29) is 5.78 Å². The minimum absolute atomic E-state index is 0.264. The zero-order chi connectivity index (χ0) is 11.9. The third kappa shape index (κ3) is 9.71. The predicted molar refractivity (Wildman–Crippen MR) is 66.9 cm³/mol. The molecule has 0 fully saturated rings. The molecule has 0 aromatic rings. The maximum absolute atomic E-state index is 11.2. The molecule has 1 nitrogen and oxygen atoms in total. The monoisotopic (exact) mass is 210 g/mol. The number of ketones is 1. The summed E-state index contributed by atoms with van der Waals surface area (Å²) in [6, 6.07) is 0. The summed E-state index contributed by atoms with van der Waals surface area (Å²) >= 11 is 0. The van der Waals surface area contributed by atoms with Crippen LogP contribution >= 0.6 is 0 Å². The molecule has 0 radical (unpaired) electrons. The van der Waals surface area contributed by atoms with Gasteiger partial charge in [-0.25, -0.2) is 0 Å². The van der Waals surface area contributed by atoms with Crippen molar-refractivity contribution in [1.29, 1.82) is 0 Å². The van der Waals surface area contributed by atoms with Gasteiger partial charge in [-0.15, -0.1) is 0 Å². The molecule has 0 aromatic carbocycles. The van der Waals surface area contributed by atoms with E-state index >= 15 is 0 Å². The molecule has 0 bridgehead atoms. The highest BCUT2D eigenvalue weighted by Gasteiger charge is 2.13. The maximum atomic E-state index is 11.2. The molecule has 15 heavy (non-hydrogen) atoms. The van der Waals surface area contributed by atoms with Crippen molar-refractivity contribution in [3.05, 3.63) is 12.2 Å².